The normalized spacial score (nSPS) is 11.8. The van der Waals surface area contributed by atoms with Crippen LogP contribution in [-0.2, 0) is 0 Å². The molecule has 0 saturated heterocycles. The molecule has 1 aromatic rings. The lowest BCUT2D eigenvalue weighted by Gasteiger charge is -2.00. The molecule has 0 amide bonds. The van der Waals surface area contributed by atoms with Gasteiger partial charge in [-0.2, -0.15) is 0 Å². The molecule has 1 rings (SSSR count). The summed E-state index contributed by atoms with van der Waals surface area (Å²) in [4.78, 5) is 0. The van der Waals surface area contributed by atoms with Crippen LogP contribution < -0.4 is 0 Å². The van der Waals surface area contributed by atoms with Crippen LogP contribution >= 0.6 is 11.6 Å². The average Bonchev–Trinajstić information content (AvgIpc) is 2.06. The summed E-state index contributed by atoms with van der Waals surface area (Å²) in [5, 5.41) is 0. The molecule has 0 spiro atoms. The van der Waals surface area contributed by atoms with Crippen molar-refractivity contribution in [3.63, 3.8) is 0 Å². The second kappa shape index (κ2) is 4.32. The monoisotopic (exact) mass is 180 g/mol. The quantitative estimate of drug-likeness (QED) is 0.610. The summed E-state index contributed by atoms with van der Waals surface area (Å²) in [5.74, 6) is 0.583. The maximum Gasteiger partial charge on any atom is 0.0409 e. The van der Waals surface area contributed by atoms with Gasteiger partial charge in [0.15, 0.2) is 0 Å². The maximum atomic E-state index is 5.60. The van der Waals surface area contributed by atoms with Crippen LogP contribution in [0.3, 0.4) is 0 Å². The molecule has 0 bridgehead atoms. The van der Waals surface area contributed by atoms with E-state index >= 15 is 0 Å². The molecule has 0 aliphatic carbocycles. The summed E-state index contributed by atoms with van der Waals surface area (Å²) in [6.07, 6.45) is 2.02. The molecule has 1 heteroatoms. The topological polar surface area (TPSA) is 0 Å². The molecule has 0 fully saturated rings. The molecule has 0 N–H and O–H groups in total. The van der Waals surface area contributed by atoms with E-state index in [-0.39, 0.29) is 0 Å². The number of halogens is 1. The van der Waals surface area contributed by atoms with Crippen molar-refractivity contribution in [2.24, 2.45) is 0 Å². The van der Waals surface area contributed by atoms with E-state index in [4.69, 9.17) is 11.6 Å². The van der Waals surface area contributed by atoms with Crippen molar-refractivity contribution in [3.05, 3.63) is 41.5 Å². The molecule has 0 atom stereocenters. The van der Waals surface area contributed by atoms with E-state index < -0.39 is 0 Å². The Labute approximate surface area is 78.9 Å². The first-order valence-electron chi connectivity index (χ1n) is 4.04. The van der Waals surface area contributed by atoms with Crippen LogP contribution in [0, 0.1) is 6.92 Å². The van der Waals surface area contributed by atoms with E-state index in [0.29, 0.717) is 5.88 Å². The summed E-state index contributed by atoms with van der Waals surface area (Å²) in [7, 11) is 0. The van der Waals surface area contributed by atoms with Gasteiger partial charge in [-0.3, -0.25) is 0 Å². The Morgan fingerprint density at radius 1 is 1.33 bits per heavy atom. The molecule has 0 aromatic heterocycles. The van der Waals surface area contributed by atoms with Crippen molar-refractivity contribution >= 4 is 17.2 Å². The Morgan fingerprint density at radius 3 is 2.42 bits per heavy atom. The standard InChI is InChI=1S/C11H13Cl/c1-9-3-5-11(6-4-9)10(2)7-8-12/h3-7H,8H2,1-2H3/b10-7+. The van der Waals surface area contributed by atoms with Gasteiger partial charge >= 0.3 is 0 Å². The van der Waals surface area contributed by atoms with Crippen molar-refractivity contribution in [2.45, 2.75) is 13.8 Å². The van der Waals surface area contributed by atoms with E-state index in [0.717, 1.165) is 0 Å². The second-order valence-electron chi connectivity index (χ2n) is 2.91. The minimum Gasteiger partial charge on any atom is -0.122 e. The molecular weight excluding hydrogens is 168 g/mol. The number of hydrogen-bond acceptors (Lipinski definition) is 0. The predicted octanol–water partition coefficient (Wildman–Crippen LogP) is 3.64. The summed E-state index contributed by atoms with van der Waals surface area (Å²) in [5.41, 5.74) is 3.78. The largest absolute Gasteiger partial charge is 0.122 e. The van der Waals surface area contributed by atoms with Gasteiger partial charge < -0.3 is 0 Å². The number of allylic oxidation sites excluding steroid dienone is 2. The summed E-state index contributed by atoms with van der Waals surface area (Å²) < 4.78 is 0. The molecule has 0 saturated carbocycles. The zero-order valence-corrected chi connectivity index (χ0v) is 8.23. The Kier molecular flexibility index (Phi) is 3.36. The molecule has 0 heterocycles. The molecule has 0 aliphatic rings. The average molecular weight is 181 g/mol. The molecule has 1 aromatic carbocycles. The smallest absolute Gasteiger partial charge is 0.0409 e. The Balaban J connectivity index is 2.89. The van der Waals surface area contributed by atoms with E-state index in [1.54, 1.807) is 0 Å². The number of alkyl halides is 1. The molecule has 0 unspecified atom stereocenters. The number of benzene rings is 1. The van der Waals surface area contributed by atoms with Crippen molar-refractivity contribution in [2.75, 3.05) is 5.88 Å². The first-order chi connectivity index (χ1) is 5.74. The highest BCUT2D eigenvalue weighted by molar-refractivity contribution is 6.19. The lowest BCUT2D eigenvalue weighted by atomic mass is 10.1. The van der Waals surface area contributed by atoms with E-state index in [2.05, 4.69) is 38.1 Å². The zero-order chi connectivity index (χ0) is 8.97. The van der Waals surface area contributed by atoms with Gasteiger partial charge in [-0.25, -0.2) is 0 Å². The highest BCUT2D eigenvalue weighted by atomic mass is 35.5. The maximum absolute atomic E-state index is 5.60. The summed E-state index contributed by atoms with van der Waals surface area (Å²) in [6, 6.07) is 8.46. The first kappa shape index (κ1) is 9.34. The third-order valence-electron chi connectivity index (χ3n) is 1.89. The molecule has 0 nitrogen and oxygen atoms in total. The van der Waals surface area contributed by atoms with Gasteiger partial charge in [0.1, 0.15) is 0 Å². The Hall–Kier alpha value is -0.750. The summed E-state index contributed by atoms with van der Waals surface area (Å²) in [6.45, 7) is 4.16. The van der Waals surface area contributed by atoms with Gasteiger partial charge in [-0.1, -0.05) is 35.9 Å². The molecule has 0 radical (unpaired) electrons. The van der Waals surface area contributed by atoms with Crippen LogP contribution in [0.2, 0.25) is 0 Å². The van der Waals surface area contributed by atoms with Gasteiger partial charge in [0.2, 0.25) is 0 Å². The van der Waals surface area contributed by atoms with Crippen LogP contribution in [0.25, 0.3) is 5.57 Å². The minimum atomic E-state index is 0.583. The van der Waals surface area contributed by atoms with Crippen molar-refractivity contribution in [1.29, 1.82) is 0 Å². The minimum absolute atomic E-state index is 0.583. The second-order valence-corrected chi connectivity index (χ2v) is 3.22. The van der Waals surface area contributed by atoms with Crippen molar-refractivity contribution in [3.8, 4) is 0 Å². The fourth-order valence-corrected chi connectivity index (χ4v) is 1.28. The van der Waals surface area contributed by atoms with E-state index in [9.17, 15) is 0 Å². The molecular formula is C11H13Cl. The van der Waals surface area contributed by atoms with Crippen molar-refractivity contribution < 1.29 is 0 Å². The Morgan fingerprint density at radius 2 is 1.92 bits per heavy atom. The van der Waals surface area contributed by atoms with Crippen LogP contribution in [0.15, 0.2) is 30.3 Å². The fourth-order valence-electron chi connectivity index (χ4n) is 1.05. The van der Waals surface area contributed by atoms with Crippen LogP contribution in [0.4, 0.5) is 0 Å². The van der Waals surface area contributed by atoms with Crippen LogP contribution in [0.1, 0.15) is 18.1 Å². The van der Waals surface area contributed by atoms with Crippen LogP contribution in [0.5, 0.6) is 0 Å². The van der Waals surface area contributed by atoms with Gasteiger partial charge in [0.25, 0.3) is 0 Å². The predicted molar refractivity (Wildman–Crippen MR) is 55.6 cm³/mol. The number of aryl methyl sites for hydroxylation is 1. The third kappa shape index (κ3) is 2.38. The highest BCUT2D eigenvalue weighted by Gasteiger charge is 1.92. The zero-order valence-electron chi connectivity index (χ0n) is 7.47. The fraction of sp³-hybridized carbons (Fsp3) is 0.273. The lowest BCUT2D eigenvalue weighted by molar-refractivity contribution is 1.44. The van der Waals surface area contributed by atoms with Crippen LogP contribution in [-0.4, -0.2) is 5.88 Å². The first-order valence-corrected chi connectivity index (χ1v) is 4.57. The summed E-state index contributed by atoms with van der Waals surface area (Å²) >= 11 is 5.60. The number of hydrogen-bond donors (Lipinski definition) is 0. The van der Waals surface area contributed by atoms with Crippen molar-refractivity contribution in [1.82, 2.24) is 0 Å². The van der Waals surface area contributed by atoms with Gasteiger partial charge in [0.05, 0.1) is 0 Å². The molecule has 0 aliphatic heterocycles. The SMILES string of the molecule is C/C(=C\CCl)c1ccc(C)cc1. The van der Waals surface area contributed by atoms with E-state index in [1.807, 2.05) is 6.08 Å². The van der Waals surface area contributed by atoms with Gasteiger partial charge in [0, 0.05) is 5.88 Å². The molecule has 12 heavy (non-hydrogen) atoms. The third-order valence-corrected chi connectivity index (χ3v) is 2.04. The van der Waals surface area contributed by atoms with Gasteiger partial charge in [-0.15, -0.1) is 11.6 Å². The number of rotatable bonds is 2. The van der Waals surface area contributed by atoms with Gasteiger partial charge in [-0.05, 0) is 25.0 Å². The Bertz CT molecular complexity index is 270. The lowest BCUT2D eigenvalue weighted by Crippen LogP contribution is -1.80. The molecule has 64 valence electrons. The highest BCUT2D eigenvalue weighted by Crippen LogP contribution is 2.13. The van der Waals surface area contributed by atoms with E-state index in [1.165, 1.54) is 16.7 Å².